The normalized spacial score (nSPS) is 13.9. The van der Waals surface area contributed by atoms with Gasteiger partial charge in [-0.3, -0.25) is 5.41 Å². The van der Waals surface area contributed by atoms with Crippen LogP contribution in [0.3, 0.4) is 0 Å². The van der Waals surface area contributed by atoms with Gasteiger partial charge in [0.05, 0.1) is 5.02 Å². The molecule has 0 unspecified atom stereocenters. The number of nitrogens with one attached hydrogen (secondary N) is 1. The molecule has 0 aliphatic carbocycles. The summed E-state index contributed by atoms with van der Waals surface area (Å²) in [5.74, 6) is 0.00113. The van der Waals surface area contributed by atoms with E-state index in [1.807, 2.05) is 18.2 Å². The highest BCUT2D eigenvalue weighted by molar-refractivity contribution is 6.34. The van der Waals surface area contributed by atoms with Gasteiger partial charge in [0.25, 0.3) is 0 Å². The highest BCUT2D eigenvalue weighted by Crippen LogP contribution is 2.35. The van der Waals surface area contributed by atoms with Crippen LogP contribution in [-0.4, -0.2) is 12.4 Å². The third kappa shape index (κ3) is 2.61. The van der Waals surface area contributed by atoms with Crippen LogP contribution in [0.25, 0.3) is 0 Å². The van der Waals surface area contributed by atoms with Crippen LogP contribution in [0, 0.1) is 12.3 Å². The standard InChI is InChI=1S/C17H18ClN3/c1-11-4-7-16-12(9-11)3-2-8-21(16)13-5-6-14(17(19)20)15(18)10-13/h4-7,9-10H,2-3,8H2,1H3,(H3,19,20). The summed E-state index contributed by atoms with van der Waals surface area (Å²) >= 11 is 6.25. The van der Waals surface area contributed by atoms with E-state index in [-0.39, 0.29) is 5.84 Å². The number of aryl methyl sites for hydroxylation is 2. The molecule has 3 nitrogen and oxygen atoms in total. The molecule has 0 radical (unpaired) electrons. The lowest BCUT2D eigenvalue weighted by Crippen LogP contribution is -2.24. The van der Waals surface area contributed by atoms with Crippen molar-refractivity contribution >= 4 is 28.8 Å². The Hall–Kier alpha value is -2.00. The van der Waals surface area contributed by atoms with Gasteiger partial charge in [-0.15, -0.1) is 0 Å². The number of rotatable bonds is 2. The summed E-state index contributed by atoms with van der Waals surface area (Å²) in [7, 11) is 0. The van der Waals surface area contributed by atoms with Gasteiger partial charge >= 0.3 is 0 Å². The summed E-state index contributed by atoms with van der Waals surface area (Å²) in [5.41, 5.74) is 11.1. The maximum absolute atomic E-state index is 7.51. The fourth-order valence-corrected chi connectivity index (χ4v) is 3.16. The lowest BCUT2D eigenvalue weighted by Gasteiger charge is -2.32. The molecule has 0 aromatic heterocycles. The molecule has 21 heavy (non-hydrogen) atoms. The molecule has 108 valence electrons. The van der Waals surface area contributed by atoms with Crippen molar-refractivity contribution in [3.63, 3.8) is 0 Å². The molecule has 0 amide bonds. The van der Waals surface area contributed by atoms with Crippen molar-refractivity contribution in [1.29, 1.82) is 5.41 Å². The van der Waals surface area contributed by atoms with E-state index in [1.54, 1.807) is 0 Å². The molecular formula is C17H18ClN3. The maximum Gasteiger partial charge on any atom is 0.124 e. The fourth-order valence-electron chi connectivity index (χ4n) is 2.88. The van der Waals surface area contributed by atoms with Crippen LogP contribution in [0.1, 0.15) is 23.1 Å². The number of amidine groups is 1. The average Bonchev–Trinajstić information content (AvgIpc) is 2.45. The number of anilines is 2. The summed E-state index contributed by atoms with van der Waals surface area (Å²) in [4.78, 5) is 2.29. The fraction of sp³-hybridized carbons (Fsp3) is 0.235. The lowest BCUT2D eigenvalue weighted by atomic mass is 9.99. The van der Waals surface area contributed by atoms with Crippen LogP contribution < -0.4 is 10.6 Å². The number of fused-ring (bicyclic) bond motifs is 1. The predicted molar refractivity (Wildman–Crippen MR) is 89.0 cm³/mol. The van der Waals surface area contributed by atoms with Crippen LogP contribution >= 0.6 is 11.6 Å². The number of benzene rings is 2. The highest BCUT2D eigenvalue weighted by atomic mass is 35.5. The first-order chi connectivity index (χ1) is 10.1. The molecule has 0 fully saturated rings. The van der Waals surface area contributed by atoms with Crippen molar-refractivity contribution in [2.45, 2.75) is 19.8 Å². The van der Waals surface area contributed by atoms with E-state index in [2.05, 4.69) is 30.0 Å². The van der Waals surface area contributed by atoms with Gasteiger partial charge in [-0.25, -0.2) is 0 Å². The Bertz CT molecular complexity index is 709. The lowest BCUT2D eigenvalue weighted by molar-refractivity contribution is 0.766. The molecule has 3 N–H and O–H groups in total. The van der Waals surface area contributed by atoms with E-state index < -0.39 is 0 Å². The molecule has 0 saturated heterocycles. The van der Waals surface area contributed by atoms with Gasteiger partial charge in [-0.2, -0.15) is 0 Å². The molecule has 0 bridgehead atoms. The van der Waals surface area contributed by atoms with E-state index in [1.165, 1.54) is 16.8 Å². The molecule has 1 heterocycles. The molecule has 0 saturated carbocycles. The number of nitrogens with two attached hydrogens (primary N) is 1. The first-order valence-electron chi connectivity index (χ1n) is 7.07. The van der Waals surface area contributed by atoms with Crippen molar-refractivity contribution < 1.29 is 0 Å². The second-order valence-electron chi connectivity index (χ2n) is 5.47. The van der Waals surface area contributed by atoms with Crippen molar-refractivity contribution in [1.82, 2.24) is 0 Å². The minimum absolute atomic E-state index is 0.00113. The SMILES string of the molecule is Cc1ccc2c(c1)CCCN2c1ccc(C(=N)N)c(Cl)c1. The second kappa shape index (κ2) is 5.41. The summed E-state index contributed by atoms with van der Waals surface area (Å²) < 4.78 is 0. The van der Waals surface area contributed by atoms with E-state index in [9.17, 15) is 0 Å². The smallest absolute Gasteiger partial charge is 0.124 e. The Labute approximate surface area is 129 Å². The molecule has 1 aliphatic rings. The number of hydrogen-bond donors (Lipinski definition) is 2. The van der Waals surface area contributed by atoms with Crippen LogP contribution in [0.4, 0.5) is 11.4 Å². The molecule has 0 atom stereocenters. The zero-order valence-corrected chi connectivity index (χ0v) is 12.7. The average molecular weight is 300 g/mol. The minimum Gasteiger partial charge on any atom is -0.384 e. The molecule has 1 aliphatic heterocycles. The Balaban J connectivity index is 2.03. The van der Waals surface area contributed by atoms with Gasteiger partial charge in [0.2, 0.25) is 0 Å². The zero-order valence-electron chi connectivity index (χ0n) is 12.0. The number of hydrogen-bond acceptors (Lipinski definition) is 2. The van der Waals surface area contributed by atoms with E-state index in [0.717, 1.165) is 25.1 Å². The number of nitrogens with zero attached hydrogens (tertiary/aromatic N) is 1. The Morgan fingerprint density at radius 1 is 1.24 bits per heavy atom. The molecule has 2 aromatic rings. The largest absolute Gasteiger partial charge is 0.384 e. The topological polar surface area (TPSA) is 53.1 Å². The molecule has 3 rings (SSSR count). The first kappa shape index (κ1) is 14.0. The summed E-state index contributed by atoms with van der Waals surface area (Å²) in [6.07, 6.45) is 2.25. The van der Waals surface area contributed by atoms with Crippen LogP contribution in [0.2, 0.25) is 5.02 Å². The van der Waals surface area contributed by atoms with Gasteiger partial charge in [0.1, 0.15) is 5.84 Å². The molecular weight excluding hydrogens is 282 g/mol. The van der Waals surface area contributed by atoms with Crippen LogP contribution in [0.15, 0.2) is 36.4 Å². The Morgan fingerprint density at radius 2 is 2.05 bits per heavy atom. The number of halogens is 1. The van der Waals surface area contributed by atoms with Crippen molar-refractivity contribution in [2.75, 3.05) is 11.4 Å². The van der Waals surface area contributed by atoms with Gasteiger partial charge in [0, 0.05) is 23.5 Å². The van der Waals surface area contributed by atoms with Crippen LogP contribution in [0.5, 0.6) is 0 Å². The highest BCUT2D eigenvalue weighted by Gasteiger charge is 2.19. The van der Waals surface area contributed by atoms with E-state index >= 15 is 0 Å². The third-order valence-electron chi connectivity index (χ3n) is 3.91. The van der Waals surface area contributed by atoms with Gasteiger partial charge in [-0.1, -0.05) is 29.3 Å². The summed E-state index contributed by atoms with van der Waals surface area (Å²) in [6, 6.07) is 12.3. The predicted octanol–water partition coefficient (Wildman–Crippen LogP) is 4.02. The minimum atomic E-state index is 0.00113. The summed E-state index contributed by atoms with van der Waals surface area (Å²) in [5, 5.41) is 8.04. The maximum atomic E-state index is 7.51. The van der Waals surface area contributed by atoms with E-state index in [0.29, 0.717) is 10.6 Å². The van der Waals surface area contributed by atoms with Crippen LogP contribution in [-0.2, 0) is 6.42 Å². The second-order valence-corrected chi connectivity index (χ2v) is 5.87. The molecule has 0 spiro atoms. The van der Waals surface area contributed by atoms with Crippen molar-refractivity contribution in [3.8, 4) is 0 Å². The zero-order chi connectivity index (χ0) is 15.0. The number of nitrogen functional groups attached to an aromatic ring is 1. The third-order valence-corrected chi connectivity index (χ3v) is 4.22. The van der Waals surface area contributed by atoms with Crippen molar-refractivity contribution in [3.05, 3.63) is 58.1 Å². The Morgan fingerprint density at radius 3 is 2.76 bits per heavy atom. The molecule has 2 aromatic carbocycles. The van der Waals surface area contributed by atoms with Gasteiger partial charge < -0.3 is 10.6 Å². The summed E-state index contributed by atoms with van der Waals surface area (Å²) in [6.45, 7) is 3.10. The Kier molecular flexibility index (Phi) is 3.60. The monoisotopic (exact) mass is 299 g/mol. The quantitative estimate of drug-likeness (QED) is 0.650. The first-order valence-corrected chi connectivity index (χ1v) is 7.45. The van der Waals surface area contributed by atoms with Gasteiger partial charge in [0.15, 0.2) is 0 Å². The van der Waals surface area contributed by atoms with Gasteiger partial charge in [-0.05, 0) is 49.6 Å². The van der Waals surface area contributed by atoms with E-state index in [4.69, 9.17) is 22.7 Å². The molecule has 4 heteroatoms. The van der Waals surface area contributed by atoms with Crippen molar-refractivity contribution in [2.24, 2.45) is 5.73 Å².